The molecule has 1 atom stereocenters. The molecule has 3 N–H and O–H groups in total. The second-order valence-corrected chi connectivity index (χ2v) is 5.54. The van der Waals surface area contributed by atoms with Crippen LogP contribution < -0.4 is 5.73 Å². The van der Waals surface area contributed by atoms with E-state index in [1.54, 1.807) is 6.07 Å². The van der Waals surface area contributed by atoms with Crippen LogP contribution >= 0.6 is 11.8 Å². The van der Waals surface area contributed by atoms with Crippen molar-refractivity contribution in [3.63, 3.8) is 0 Å². The second-order valence-electron chi connectivity index (χ2n) is 4.03. The highest BCUT2D eigenvalue weighted by atomic mass is 32.2. The Balaban J connectivity index is 3.24. The molecule has 0 aliphatic heterocycles. The monoisotopic (exact) mass is 292 g/mol. The molecule has 1 aromatic rings. The highest BCUT2D eigenvalue weighted by molar-refractivity contribution is 7.99. The molecule has 0 aliphatic rings. The quantitative estimate of drug-likeness (QED) is 0.292. The van der Waals surface area contributed by atoms with Crippen molar-refractivity contribution in [2.45, 2.75) is 36.6 Å². The van der Waals surface area contributed by atoms with Crippen LogP contribution in [0.1, 0.15) is 31.4 Å². The highest BCUT2D eigenvalue weighted by Crippen LogP contribution is 2.36. The van der Waals surface area contributed by atoms with Gasteiger partial charge in [0.1, 0.15) is 0 Å². The first-order valence-electron chi connectivity index (χ1n) is 5.65. The van der Waals surface area contributed by atoms with E-state index in [4.69, 9.17) is 10.9 Å². The lowest BCUT2D eigenvalue weighted by Crippen LogP contribution is -2.20. The number of nitrogens with zero attached hydrogens (tertiary/aromatic N) is 1. The highest BCUT2D eigenvalue weighted by Gasteiger charge is 2.34. The van der Waals surface area contributed by atoms with Gasteiger partial charge >= 0.3 is 6.18 Å². The third-order valence-corrected chi connectivity index (χ3v) is 3.85. The Bertz CT molecular complexity index is 475. The zero-order valence-electron chi connectivity index (χ0n) is 10.5. The van der Waals surface area contributed by atoms with Crippen molar-refractivity contribution in [2.24, 2.45) is 10.9 Å². The summed E-state index contributed by atoms with van der Waals surface area (Å²) < 4.78 is 38.8. The first kappa shape index (κ1) is 15.7. The number of hydrogen-bond donors (Lipinski definition) is 2. The van der Waals surface area contributed by atoms with Crippen LogP contribution in [-0.2, 0) is 6.18 Å². The number of alkyl halides is 3. The van der Waals surface area contributed by atoms with Gasteiger partial charge in [0.15, 0.2) is 5.84 Å². The number of oxime groups is 1. The van der Waals surface area contributed by atoms with Gasteiger partial charge in [0.25, 0.3) is 0 Å². The van der Waals surface area contributed by atoms with E-state index in [0.29, 0.717) is 4.90 Å². The van der Waals surface area contributed by atoms with Crippen molar-refractivity contribution in [3.05, 3.63) is 29.3 Å². The Kier molecular flexibility index (Phi) is 5.11. The average Bonchev–Trinajstić information content (AvgIpc) is 2.36. The number of hydrogen-bond acceptors (Lipinski definition) is 3. The lowest BCUT2D eigenvalue weighted by molar-refractivity contribution is -0.137. The lowest BCUT2D eigenvalue weighted by atomic mass is 10.1. The number of rotatable bonds is 4. The maximum atomic E-state index is 12.9. The molecule has 0 spiro atoms. The maximum absolute atomic E-state index is 12.9. The van der Waals surface area contributed by atoms with Crippen molar-refractivity contribution in [2.75, 3.05) is 0 Å². The Hall–Kier alpha value is -1.37. The first-order chi connectivity index (χ1) is 8.79. The van der Waals surface area contributed by atoms with Gasteiger partial charge in [0.05, 0.1) is 5.56 Å². The largest absolute Gasteiger partial charge is 0.417 e. The summed E-state index contributed by atoms with van der Waals surface area (Å²) in [5.74, 6) is -0.549. The molecule has 1 rings (SSSR count). The van der Waals surface area contributed by atoms with Crippen LogP contribution in [0.2, 0.25) is 0 Å². The number of benzene rings is 1. The van der Waals surface area contributed by atoms with Crippen LogP contribution in [0.15, 0.2) is 28.3 Å². The van der Waals surface area contributed by atoms with Gasteiger partial charge in [-0.05, 0) is 24.6 Å². The fraction of sp³-hybridized carbons (Fsp3) is 0.417. The number of nitrogens with two attached hydrogens (primary N) is 1. The van der Waals surface area contributed by atoms with Gasteiger partial charge in [-0.3, -0.25) is 0 Å². The summed E-state index contributed by atoms with van der Waals surface area (Å²) in [6, 6.07) is 3.80. The van der Waals surface area contributed by atoms with Gasteiger partial charge in [0, 0.05) is 15.7 Å². The normalized spacial score (nSPS) is 14.5. The molecule has 1 unspecified atom stereocenters. The third-order valence-electron chi connectivity index (χ3n) is 2.59. The van der Waals surface area contributed by atoms with Crippen molar-refractivity contribution >= 4 is 17.6 Å². The number of amidine groups is 1. The van der Waals surface area contributed by atoms with Crippen molar-refractivity contribution in [3.8, 4) is 0 Å². The van der Waals surface area contributed by atoms with Crippen LogP contribution in [0.4, 0.5) is 13.2 Å². The van der Waals surface area contributed by atoms with Crippen LogP contribution in [0.3, 0.4) is 0 Å². The third kappa shape index (κ3) is 4.05. The molecule has 7 heteroatoms. The standard InChI is InChI=1S/C12H15F3N2OS/c1-3-7(2)19-8-4-5-9(11(16)17-18)10(6-8)12(13,14)15/h4-7,18H,3H2,1-2H3,(H2,16,17). The Morgan fingerprint density at radius 1 is 1.47 bits per heavy atom. The molecule has 3 nitrogen and oxygen atoms in total. The minimum Gasteiger partial charge on any atom is -0.409 e. The van der Waals surface area contributed by atoms with Gasteiger partial charge in [-0.1, -0.05) is 19.0 Å². The summed E-state index contributed by atoms with van der Waals surface area (Å²) in [7, 11) is 0. The van der Waals surface area contributed by atoms with Gasteiger partial charge in [0.2, 0.25) is 0 Å². The Morgan fingerprint density at radius 3 is 2.58 bits per heavy atom. The molecule has 106 valence electrons. The molecule has 0 bridgehead atoms. The van der Waals surface area contributed by atoms with Crippen LogP contribution in [-0.4, -0.2) is 16.3 Å². The fourth-order valence-electron chi connectivity index (χ4n) is 1.42. The van der Waals surface area contributed by atoms with E-state index in [0.717, 1.165) is 12.5 Å². The van der Waals surface area contributed by atoms with E-state index in [9.17, 15) is 13.2 Å². The topological polar surface area (TPSA) is 58.6 Å². The summed E-state index contributed by atoms with van der Waals surface area (Å²) >= 11 is 1.36. The molecule has 0 saturated carbocycles. The minimum atomic E-state index is -4.54. The van der Waals surface area contributed by atoms with E-state index in [-0.39, 0.29) is 10.8 Å². The van der Waals surface area contributed by atoms with Gasteiger partial charge < -0.3 is 10.9 Å². The molecule has 0 heterocycles. The molecular weight excluding hydrogens is 277 g/mol. The Labute approximate surface area is 113 Å². The molecule has 0 fully saturated rings. The SMILES string of the molecule is CCC(C)Sc1ccc(/C(N)=N/O)c(C(F)(F)F)c1. The lowest BCUT2D eigenvalue weighted by Gasteiger charge is -2.15. The number of halogens is 3. The molecule has 0 amide bonds. The molecule has 0 saturated heterocycles. The Morgan fingerprint density at radius 2 is 2.11 bits per heavy atom. The van der Waals surface area contributed by atoms with E-state index < -0.39 is 17.6 Å². The van der Waals surface area contributed by atoms with Crippen molar-refractivity contribution < 1.29 is 18.4 Å². The van der Waals surface area contributed by atoms with Crippen molar-refractivity contribution in [1.82, 2.24) is 0 Å². The first-order valence-corrected chi connectivity index (χ1v) is 6.53. The van der Waals surface area contributed by atoms with E-state index in [1.165, 1.54) is 17.8 Å². The predicted octanol–water partition coefficient (Wildman–Crippen LogP) is 3.69. The van der Waals surface area contributed by atoms with E-state index >= 15 is 0 Å². The van der Waals surface area contributed by atoms with Crippen LogP contribution in [0.5, 0.6) is 0 Å². The van der Waals surface area contributed by atoms with Crippen LogP contribution in [0, 0.1) is 0 Å². The van der Waals surface area contributed by atoms with Gasteiger partial charge in [-0.15, -0.1) is 11.8 Å². The van der Waals surface area contributed by atoms with E-state index in [2.05, 4.69) is 5.16 Å². The number of thioether (sulfide) groups is 1. The second kappa shape index (κ2) is 6.18. The maximum Gasteiger partial charge on any atom is 0.417 e. The summed E-state index contributed by atoms with van der Waals surface area (Å²) in [4.78, 5) is 0.510. The van der Waals surface area contributed by atoms with Crippen LogP contribution in [0.25, 0.3) is 0 Å². The fourth-order valence-corrected chi connectivity index (χ4v) is 2.39. The molecule has 0 aliphatic carbocycles. The van der Waals surface area contributed by atoms with Gasteiger partial charge in [-0.25, -0.2) is 0 Å². The molecule has 19 heavy (non-hydrogen) atoms. The molecule has 0 radical (unpaired) electrons. The zero-order valence-corrected chi connectivity index (χ0v) is 11.3. The predicted molar refractivity (Wildman–Crippen MR) is 69.6 cm³/mol. The minimum absolute atomic E-state index is 0.218. The molecular formula is C12H15F3N2OS. The molecule has 0 aromatic heterocycles. The zero-order chi connectivity index (χ0) is 14.6. The summed E-state index contributed by atoms with van der Waals surface area (Å²) in [5, 5.41) is 11.4. The van der Waals surface area contributed by atoms with Crippen molar-refractivity contribution in [1.29, 1.82) is 0 Å². The summed E-state index contributed by atoms with van der Waals surface area (Å²) in [6.45, 7) is 3.91. The average molecular weight is 292 g/mol. The summed E-state index contributed by atoms with van der Waals surface area (Å²) in [5.41, 5.74) is 4.05. The smallest absolute Gasteiger partial charge is 0.409 e. The van der Waals surface area contributed by atoms with E-state index in [1.807, 2.05) is 13.8 Å². The summed E-state index contributed by atoms with van der Waals surface area (Å²) in [6.07, 6.45) is -3.69. The molecule has 1 aromatic carbocycles. The van der Waals surface area contributed by atoms with Gasteiger partial charge in [-0.2, -0.15) is 13.2 Å².